The van der Waals surface area contributed by atoms with Crippen LogP contribution < -0.4 is 5.32 Å². The number of hydrogen-bond acceptors (Lipinski definition) is 3. The maximum absolute atomic E-state index is 11.9. The summed E-state index contributed by atoms with van der Waals surface area (Å²) in [4.78, 5) is 26.5. The van der Waals surface area contributed by atoms with Crippen LogP contribution in [0.15, 0.2) is 24.3 Å². The molecule has 0 aromatic carbocycles. The molecule has 1 amide bonds. The van der Waals surface area contributed by atoms with Gasteiger partial charge < -0.3 is 10.4 Å². The van der Waals surface area contributed by atoms with Gasteiger partial charge in [-0.25, -0.2) is 9.78 Å². The first-order chi connectivity index (χ1) is 9.15. The van der Waals surface area contributed by atoms with E-state index in [0.717, 1.165) is 31.8 Å². The Bertz CT molecular complexity index is 505. The van der Waals surface area contributed by atoms with Crippen molar-refractivity contribution in [1.29, 1.82) is 0 Å². The molecule has 0 saturated heterocycles. The van der Waals surface area contributed by atoms with Crippen LogP contribution in [0.25, 0.3) is 6.08 Å². The van der Waals surface area contributed by atoms with Crippen LogP contribution in [0.2, 0.25) is 0 Å². The minimum absolute atomic E-state index is 0.00404. The Hall–Kier alpha value is -2.17. The number of carboxylic acids is 1. The molecule has 1 aromatic heterocycles. The summed E-state index contributed by atoms with van der Waals surface area (Å²) in [5.74, 6) is -0.476. The second-order valence-corrected chi connectivity index (χ2v) is 4.59. The number of anilines is 1. The number of nitrogens with one attached hydrogen (secondary N) is 1. The third-order valence-electron chi connectivity index (χ3n) is 3.14. The van der Waals surface area contributed by atoms with E-state index in [4.69, 9.17) is 5.11 Å². The molecule has 1 aromatic rings. The molecule has 0 radical (unpaired) electrons. The van der Waals surface area contributed by atoms with Gasteiger partial charge in [0, 0.05) is 12.0 Å². The van der Waals surface area contributed by atoms with Gasteiger partial charge in [-0.05, 0) is 31.1 Å². The third kappa shape index (κ3) is 3.91. The summed E-state index contributed by atoms with van der Waals surface area (Å²) in [6.07, 6.45) is 6.49. The topological polar surface area (TPSA) is 79.3 Å². The van der Waals surface area contributed by atoms with Crippen molar-refractivity contribution in [3.63, 3.8) is 0 Å². The van der Waals surface area contributed by atoms with Crippen molar-refractivity contribution in [2.24, 2.45) is 5.92 Å². The van der Waals surface area contributed by atoms with E-state index < -0.39 is 5.97 Å². The minimum Gasteiger partial charge on any atom is -0.478 e. The molecule has 5 nitrogen and oxygen atoms in total. The van der Waals surface area contributed by atoms with Crippen LogP contribution in [0.1, 0.15) is 31.4 Å². The number of hydrogen-bond donors (Lipinski definition) is 2. The van der Waals surface area contributed by atoms with E-state index in [9.17, 15) is 9.59 Å². The molecule has 2 N–H and O–H groups in total. The highest BCUT2D eigenvalue weighted by molar-refractivity contribution is 5.92. The van der Waals surface area contributed by atoms with Gasteiger partial charge in [-0.2, -0.15) is 0 Å². The monoisotopic (exact) mass is 260 g/mol. The zero-order valence-corrected chi connectivity index (χ0v) is 10.5. The lowest BCUT2D eigenvalue weighted by molar-refractivity contribution is -0.131. The first kappa shape index (κ1) is 13.3. The number of carboxylic acid groups (broad SMARTS) is 1. The zero-order chi connectivity index (χ0) is 13.7. The summed E-state index contributed by atoms with van der Waals surface area (Å²) >= 11 is 0. The number of pyridine rings is 1. The largest absolute Gasteiger partial charge is 0.478 e. The van der Waals surface area contributed by atoms with Gasteiger partial charge in [0.05, 0.1) is 5.69 Å². The van der Waals surface area contributed by atoms with Crippen molar-refractivity contribution in [3.05, 3.63) is 30.0 Å². The highest BCUT2D eigenvalue weighted by Crippen LogP contribution is 2.25. The standard InChI is InChI=1S/C14H16N2O3/c17-13(18)9-8-11-6-3-7-12(15-11)16-14(19)10-4-1-2-5-10/h3,6-10H,1-2,4-5H2,(H,17,18)(H,15,16,19). The molecule has 5 heteroatoms. The molecular weight excluding hydrogens is 244 g/mol. The highest BCUT2D eigenvalue weighted by Gasteiger charge is 2.22. The van der Waals surface area contributed by atoms with Gasteiger partial charge in [0.1, 0.15) is 5.82 Å². The molecule has 1 saturated carbocycles. The lowest BCUT2D eigenvalue weighted by Gasteiger charge is -2.09. The van der Waals surface area contributed by atoms with E-state index in [1.165, 1.54) is 6.08 Å². The number of aliphatic carboxylic acids is 1. The summed E-state index contributed by atoms with van der Waals surface area (Å²) in [6.45, 7) is 0. The maximum Gasteiger partial charge on any atom is 0.328 e. The SMILES string of the molecule is O=C(O)C=Cc1cccc(NC(=O)C2CCCC2)n1. The minimum atomic E-state index is -1.03. The van der Waals surface area contributed by atoms with Crippen LogP contribution in [0.5, 0.6) is 0 Å². The maximum atomic E-state index is 11.9. The van der Waals surface area contributed by atoms with Crippen LogP contribution in [-0.4, -0.2) is 22.0 Å². The van der Waals surface area contributed by atoms with Gasteiger partial charge >= 0.3 is 5.97 Å². The van der Waals surface area contributed by atoms with E-state index in [2.05, 4.69) is 10.3 Å². The Morgan fingerprint density at radius 2 is 2.05 bits per heavy atom. The van der Waals surface area contributed by atoms with E-state index in [0.29, 0.717) is 11.5 Å². The van der Waals surface area contributed by atoms with Crippen molar-refractivity contribution in [2.45, 2.75) is 25.7 Å². The Balaban J connectivity index is 2.02. The van der Waals surface area contributed by atoms with Gasteiger partial charge in [-0.3, -0.25) is 4.79 Å². The molecule has 100 valence electrons. The van der Waals surface area contributed by atoms with Gasteiger partial charge in [0.15, 0.2) is 0 Å². The Labute approximate surface area is 111 Å². The van der Waals surface area contributed by atoms with E-state index in [1.807, 2.05) is 0 Å². The summed E-state index contributed by atoms with van der Waals surface area (Å²) in [5, 5.41) is 11.3. The number of rotatable bonds is 4. The zero-order valence-electron chi connectivity index (χ0n) is 10.5. The Morgan fingerprint density at radius 1 is 1.32 bits per heavy atom. The molecule has 1 heterocycles. The van der Waals surface area contributed by atoms with Crippen LogP contribution in [0, 0.1) is 5.92 Å². The van der Waals surface area contributed by atoms with Crippen LogP contribution in [0.4, 0.5) is 5.82 Å². The van der Waals surface area contributed by atoms with Gasteiger partial charge in [-0.1, -0.05) is 18.9 Å². The van der Waals surface area contributed by atoms with Crippen LogP contribution in [-0.2, 0) is 9.59 Å². The summed E-state index contributed by atoms with van der Waals surface area (Å²) in [6, 6.07) is 5.12. The fourth-order valence-electron chi connectivity index (χ4n) is 2.19. The lowest BCUT2D eigenvalue weighted by atomic mass is 10.1. The number of carbonyl (C=O) groups excluding carboxylic acids is 1. The lowest BCUT2D eigenvalue weighted by Crippen LogP contribution is -2.20. The second kappa shape index (κ2) is 6.13. The highest BCUT2D eigenvalue weighted by atomic mass is 16.4. The van der Waals surface area contributed by atoms with Crippen molar-refractivity contribution in [2.75, 3.05) is 5.32 Å². The molecule has 19 heavy (non-hydrogen) atoms. The summed E-state index contributed by atoms with van der Waals surface area (Å²) in [5.41, 5.74) is 0.506. The van der Waals surface area contributed by atoms with Crippen molar-refractivity contribution < 1.29 is 14.7 Å². The number of nitrogens with zero attached hydrogens (tertiary/aromatic N) is 1. The first-order valence-electron chi connectivity index (χ1n) is 6.34. The molecule has 1 aliphatic rings. The number of amides is 1. The number of carbonyl (C=O) groups is 2. The van der Waals surface area contributed by atoms with E-state index in [1.54, 1.807) is 18.2 Å². The fraction of sp³-hybridized carbons (Fsp3) is 0.357. The second-order valence-electron chi connectivity index (χ2n) is 4.59. The molecule has 0 atom stereocenters. The smallest absolute Gasteiger partial charge is 0.328 e. The average molecular weight is 260 g/mol. The quantitative estimate of drug-likeness (QED) is 0.814. The van der Waals surface area contributed by atoms with E-state index >= 15 is 0 Å². The molecule has 0 unspecified atom stereocenters. The van der Waals surface area contributed by atoms with Crippen molar-refractivity contribution in [3.8, 4) is 0 Å². The molecule has 0 bridgehead atoms. The Kier molecular flexibility index (Phi) is 4.28. The molecule has 0 spiro atoms. The number of aromatic nitrogens is 1. The predicted octanol–water partition coefficient (Wildman–Crippen LogP) is 2.31. The molecule has 1 aliphatic carbocycles. The van der Waals surface area contributed by atoms with Crippen molar-refractivity contribution in [1.82, 2.24) is 4.98 Å². The van der Waals surface area contributed by atoms with Crippen LogP contribution >= 0.6 is 0 Å². The van der Waals surface area contributed by atoms with Gasteiger partial charge in [0.25, 0.3) is 0 Å². The van der Waals surface area contributed by atoms with Crippen molar-refractivity contribution >= 4 is 23.8 Å². The normalized spacial score (nSPS) is 15.8. The Morgan fingerprint density at radius 3 is 2.74 bits per heavy atom. The van der Waals surface area contributed by atoms with Crippen LogP contribution in [0.3, 0.4) is 0 Å². The molecule has 1 fully saturated rings. The van der Waals surface area contributed by atoms with Gasteiger partial charge in [-0.15, -0.1) is 0 Å². The summed E-state index contributed by atoms with van der Waals surface area (Å²) < 4.78 is 0. The molecule has 2 rings (SSSR count). The third-order valence-corrected chi connectivity index (χ3v) is 3.14. The fourth-order valence-corrected chi connectivity index (χ4v) is 2.19. The summed E-state index contributed by atoms with van der Waals surface area (Å²) in [7, 11) is 0. The predicted molar refractivity (Wildman–Crippen MR) is 71.5 cm³/mol. The average Bonchev–Trinajstić information content (AvgIpc) is 2.91. The first-order valence-corrected chi connectivity index (χ1v) is 6.34. The molecular formula is C14H16N2O3. The van der Waals surface area contributed by atoms with Gasteiger partial charge in [0.2, 0.25) is 5.91 Å². The molecule has 0 aliphatic heterocycles. The van der Waals surface area contributed by atoms with E-state index in [-0.39, 0.29) is 11.8 Å².